The van der Waals surface area contributed by atoms with E-state index in [4.69, 9.17) is 0 Å². The third-order valence-corrected chi connectivity index (χ3v) is 4.80. The van der Waals surface area contributed by atoms with Gasteiger partial charge in [0, 0.05) is 19.3 Å². The van der Waals surface area contributed by atoms with E-state index in [2.05, 4.69) is 16.1 Å². The lowest BCUT2D eigenvalue weighted by atomic mass is 10.1. The second kappa shape index (κ2) is 6.92. The Balaban J connectivity index is 1.71. The van der Waals surface area contributed by atoms with Crippen molar-refractivity contribution in [3.63, 3.8) is 0 Å². The Morgan fingerprint density at radius 1 is 1.15 bits per heavy atom. The predicted octanol–water partition coefficient (Wildman–Crippen LogP) is 2.81. The number of amides is 2. The quantitative estimate of drug-likeness (QED) is 0.842. The highest BCUT2D eigenvalue weighted by Gasteiger charge is 2.35. The van der Waals surface area contributed by atoms with Crippen LogP contribution < -0.4 is 0 Å². The van der Waals surface area contributed by atoms with Gasteiger partial charge < -0.3 is 4.90 Å². The highest BCUT2D eigenvalue weighted by Crippen LogP contribution is 2.28. The summed E-state index contributed by atoms with van der Waals surface area (Å²) in [6.07, 6.45) is 10.4. The SMILES string of the molecule is N#Cc1ccccc1CN1C(=O)N2C=CC=NN2C=C1N1CCCCC1. The topological polar surface area (TPSA) is 66.2 Å². The summed E-state index contributed by atoms with van der Waals surface area (Å²) in [6, 6.07) is 9.46. The summed E-state index contributed by atoms with van der Waals surface area (Å²) in [5, 5.41) is 16.7. The fourth-order valence-electron chi connectivity index (χ4n) is 3.45. The fraction of sp³-hybridized carbons (Fsp3) is 0.316. The van der Waals surface area contributed by atoms with Gasteiger partial charge in [0.05, 0.1) is 30.6 Å². The molecule has 1 aromatic carbocycles. The van der Waals surface area contributed by atoms with Crippen LogP contribution in [0.15, 0.2) is 53.7 Å². The molecule has 0 unspecified atom stereocenters. The zero-order chi connectivity index (χ0) is 17.9. The number of fused-ring (bicyclic) bond motifs is 1. The van der Waals surface area contributed by atoms with Crippen LogP contribution in [0.2, 0.25) is 0 Å². The van der Waals surface area contributed by atoms with Gasteiger partial charge in [0.1, 0.15) is 5.82 Å². The van der Waals surface area contributed by atoms with Gasteiger partial charge in [-0.2, -0.15) is 20.5 Å². The predicted molar refractivity (Wildman–Crippen MR) is 96.9 cm³/mol. The zero-order valence-corrected chi connectivity index (χ0v) is 14.5. The molecule has 0 aromatic heterocycles. The minimum absolute atomic E-state index is 0.172. The van der Waals surface area contributed by atoms with E-state index in [1.165, 1.54) is 11.4 Å². The number of rotatable bonds is 3. The van der Waals surface area contributed by atoms with Crippen molar-refractivity contribution < 1.29 is 4.79 Å². The fourth-order valence-corrected chi connectivity index (χ4v) is 3.45. The molecule has 132 valence electrons. The minimum atomic E-state index is -0.172. The molecule has 0 spiro atoms. The van der Waals surface area contributed by atoms with Gasteiger partial charge in [-0.15, -0.1) is 0 Å². The van der Waals surface area contributed by atoms with Crippen LogP contribution in [0.4, 0.5) is 4.79 Å². The molecule has 3 aliphatic rings. The lowest BCUT2D eigenvalue weighted by Crippen LogP contribution is -2.54. The van der Waals surface area contributed by atoms with Gasteiger partial charge >= 0.3 is 6.03 Å². The maximum Gasteiger partial charge on any atom is 0.350 e. The molecule has 4 rings (SSSR count). The van der Waals surface area contributed by atoms with Crippen molar-refractivity contribution in [2.24, 2.45) is 5.10 Å². The van der Waals surface area contributed by atoms with Crippen molar-refractivity contribution in [1.29, 1.82) is 5.26 Å². The number of allylic oxidation sites excluding steroid dienone is 1. The number of benzene rings is 1. The van der Waals surface area contributed by atoms with Gasteiger partial charge in [-0.25, -0.2) is 4.79 Å². The van der Waals surface area contributed by atoms with Gasteiger partial charge in [0.25, 0.3) is 0 Å². The Hall–Kier alpha value is -3.27. The zero-order valence-electron chi connectivity index (χ0n) is 14.5. The molecule has 0 N–H and O–H groups in total. The van der Waals surface area contributed by atoms with Crippen molar-refractivity contribution in [2.45, 2.75) is 25.8 Å². The van der Waals surface area contributed by atoms with E-state index in [1.807, 2.05) is 24.4 Å². The van der Waals surface area contributed by atoms with E-state index in [0.29, 0.717) is 12.1 Å². The Bertz CT molecular complexity index is 831. The molecule has 1 aromatic rings. The summed E-state index contributed by atoms with van der Waals surface area (Å²) in [4.78, 5) is 17.1. The normalized spacial score (nSPS) is 19.3. The van der Waals surface area contributed by atoms with Gasteiger partial charge in [-0.3, -0.25) is 4.90 Å². The van der Waals surface area contributed by atoms with Crippen LogP contribution in [0.1, 0.15) is 30.4 Å². The molecule has 0 aliphatic carbocycles. The molecular weight excluding hydrogens is 328 g/mol. The molecule has 1 saturated heterocycles. The molecule has 2 amide bonds. The van der Waals surface area contributed by atoms with Crippen LogP contribution in [0.3, 0.4) is 0 Å². The maximum atomic E-state index is 13.2. The number of likely N-dealkylation sites (tertiary alicyclic amines) is 1. The molecule has 0 atom stereocenters. The van der Waals surface area contributed by atoms with Crippen LogP contribution in [0, 0.1) is 11.3 Å². The molecule has 1 fully saturated rings. The first kappa shape index (κ1) is 16.2. The van der Waals surface area contributed by atoms with Crippen LogP contribution >= 0.6 is 0 Å². The molecule has 0 saturated carbocycles. The maximum absolute atomic E-state index is 13.2. The number of nitrogens with zero attached hydrogens (tertiary/aromatic N) is 6. The molecule has 0 radical (unpaired) electrons. The van der Waals surface area contributed by atoms with Gasteiger partial charge in [-0.1, -0.05) is 18.2 Å². The van der Waals surface area contributed by atoms with Gasteiger partial charge in [0.2, 0.25) is 0 Å². The first-order chi connectivity index (χ1) is 12.8. The summed E-state index contributed by atoms with van der Waals surface area (Å²) >= 11 is 0. The smallest absolute Gasteiger partial charge is 0.350 e. The van der Waals surface area contributed by atoms with Crippen LogP contribution in [0.5, 0.6) is 0 Å². The Kier molecular flexibility index (Phi) is 4.32. The number of hydrogen-bond donors (Lipinski definition) is 0. The van der Waals surface area contributed by atoms with Gasteiger partial charge in [0.15, 0.2) is 0 Å². The number of piperidine rings is 1. The summed E-state index contributed by atoms with van der Waals surface area (Å²) in [6.45, 7) is 2.19. The monoisotopic (exact) mass is 348 g/mol. The molecule has 0 bridgehead atoms. The second-order valence-electron chi connectivity index (χ2n) is 6.44. The summed E-state index contributed by atoms with van der Waals surface area (Å²) in [5.74, 6) is 0.839. The lowest BCUT2D eigenvalue weighted by Gasteiger charge is -2.44. The van der Waals surface area contributed by atoms with Crippen LogP contribution in [-0.4, -0.2) is 45.3 Å². The van der Waals surface area contributed by atoms with Crippen molar-refractivity contribution in [2.75, 3.05) is 13.1 Å². The number of hydrogen-bond acceptors (Lipinski definition) is 5. The Morgan fingerprint density at radius 2 is 1.96 bits per heavy atom. The second-order valence-corrected chi connectivity index (χ2v) is 6.44. The number of carbonyl (C=O) groups is 1. The first-order valence-electron chi connectivity index (χ1n) is 8.83. The molecule has 3 heterocycles. The van der Waals surface area contributed by atoms with Gasteiger partial charge in [-0.05, 0) is 37.0 Å². The van der Waals surface area contributed by atoms with E-state index < -0.39 is 0 Å². The molecule has 26 heavy (non-hydrogen) atoms. The van der Waals surface area contributed by atoms with Crippen molar-refractivity contribution in [3.8, 4) is 6.07 Å². The molecule has 3 aliphatic heterocycles. The first-order valence-corrected chi connectivity index (χ1v) is 8.83. The molecule has 7 nitrogen and oxygen atoms in total. The largest absolute Gasteiger partial charge is 0.357 e. The number of hydrazine groups is 1. The summed E-state index contributed by atoms with van der Waals surface area (Å²) in [7, 11) is 0. The molecule has 7 heteroatoms. The lowest BCUT2D eigenvalue weighted by molar-refractivity contribution is 0.0442. The minimum Gasteiger partial charge on any atom is -0.357 e. The van der Waals surface area contributed by atoms with E-state index in [0.717, 1.165) is 37.3 Å². The third kappa shape index (κ3) is 2.90. The van der Waals surface area contributed by atoms with Crippen LogP contribution in [0.25, 0.3) is 0 Å². The van der Waals surface area contributed by atoms with Crippen LogP contribution in [-0.2, 0) is 6.54 Å². The highest BCUT2D eigenvalue weighted by atomic mass is 16.2. The number of hydrazone groups is 1. The summed E-state index contributed by atoms with van der Waals surface area (Å²) < 4.78 is 0. The number of nitriles is 1. The Morgan fingerprint density at radius 3 is 2.77 bits per heavy atom. The van der Waals surface area contributed by atoms with E-state index >= 15 is 0 Å². The summed E-state index contributed by atoms with van der Waals surface area (Å²) in [5.41, 5.74) is 1.43. The average Bonchev–Trinajstić information content (AvgIpc) is 2.71. The van der Waals surface area contributed by atoms with E-state index in [9.17, 15) is 10.1 Å². The molecular formula is C19H20N6O. The number of urea groups is 1. The van der Waals surface area contributed by atoms with Crippen molar-refractivity contribution >= 4 is 12.2 Å². The van der Waals surface area contributed by atoms with E-state index in [-0.39, 0.29) is 6.03 Å². The highest BCUT2D eigenvalue weighted by molar-refractivity contribution is 5.81. The van der Waals surface area contributed by atoms with Crippen molar-refractivity contribution in [1.82, 2.24) is 19.9 Å². The third-order valence-electron chi connectivity index (χ3n) is 4.80. The Labute approximate surface area is 152 Å². The number of carbonyl (C=O) groups excluding carboxylic acids is 1. The average molecular weight is 348 g/mol. The van der Waals surface area contributed by atoms with Crippen molar-refractivity contribution in [3.05, 3.63) is 59.7 Å². The van der Waals surface area contributed by atoms with E-state index in [1.54, 1.807) is 34.6 Å². The standard InChI is InChI=1S/C19H20N6O/c20-13-16-7-2-3-8-17(16)14-23-18(22-10-4-1-5-11-22)15-25-21-9-6-12-24(25)19(23)26/h2-3,6-9,12,15H,1,4-5,10-11,14H2.